The second kappa shape index (κ2) is 8.12. The summed E-state index contributed by atoms with van der Waals surface area (Å²) in [5.41, 5.74) is 2.96. The predicted molar refractivity (Wildman–Crippen MR) is 108 cm³/mol. The first-order valence-electron chi connectivity index (χ1n) is 8.59. The summed E-state index contributed by atoms with van der Waals surface area (Å²) in [4.78, 5) is 16.5. The number of sulfone groups is 1. The summed E-state index contributed by atoms with van der Waals surface area (Å²) < 4.78 is 25.5. The molecular formula is C21H19ClN2O3S. The van der Waals surface area contributed by atoms with Gasteiger partial charge in [0.15, 0.2) is 5.03 Å². The van der Waals surface area contributed by atoms with Crippen molar-refractivity contribution in [2.45, 2.75) is 30.3 Å². The van der Waals surface area contributed by atoms with Gasteiger partial charge in [0.05, 0.1) is 10.5 Å². The zero-order chi connectivity index (χ0) is 20.3. The van der Waals surface area contributed by atoms with Crippen LogP contribution in [0.3, 0.4) is 0 Å². The van der Waals surface area contributed by atoms with E-state index >= 15 is 0 Å². The fourth-order valence-corrected chi connectivity index (χ4v) is 4.06. The van der Waals surface area contributed by atoms with Crippen LogP contribution in [0.2, 0.25) is 5.02 Å². The van der Waals surface area contributed by atoms with Crippen molar-refractivity contribution in [3.63, 3.8) is 0 Å². The number of aromatic nitrogens is 1. The summed E-state index contributed by atoms with van der Waals surface area (Å²) in [6.07, 6.45) is 1.26. The first-order valence-corrected chi connectivity index (χ1v) is 10.4. The molecule has 1 heterocycles. The Morgan fingerprint density at radius 1 is 1.04 bits per heavy atom. The Morgan fingerprint density at radius 3 is 2.43 bits per heavy atom. The van der Waals surface area contributed by atoms with Crippen LogP contribution in [0.5, 0.6) is 0 Å². The quantitative estimate of drug-likeness (QED) is 0.681. The summed E-state index contributed by atoms with van der Waals surface area (Å²) in [5.74, 6) is -0.359. The summed E-state index contributed by atoms with van der Waals surface area (Å²) in [6, 6.07) is 14.9. The number of hydrogen-bond donors (Lipinski definition) is 1. The van der Waals surface area contributed by atoms with Gasteiger partial charge >= 0.3 is 0 Å². The van der Waals surface area contributed by atoms with E-state index in [4.69, 9.17) is 11.6 Å². The fourth-order valence-electron chi connectivity index (χ4n) is 2.59. The number of pyridine rings is 1. The number of nitrogens with one attached hydrogen (secondary N) is 1. The van der Waals surface area contributed by atoms with E-state index in [0.29, 0.717) is 5.02 Å². The number of rotatable bonds is 5. The lowest BCUT2D eigenvalue weighted by molar-refractivity contribution is 0.0950. The molecule has 2 aromatic carbocycles. The molecule has 0 atom stereocenters. The van der Waals surface area contributed by atoms with E-state index in [-0.39, 0.29) is 27.9 Å². The van der Waals surface area contributed by atoms with Crippen molar-refractivity contribution in [2.75, 3.05) is 0 Å². The first kappa shape index (κ1) is 20.0. The van der Waals surface area contributed by atoms with E-state index in [1.165, 1.54) is 18.3 Å². The van der Waals surface area contributed by atoms with Gasteiger partial charge in [0, 0.05) is 17.8 Å². The van der Waals surface area contributed by atoms with Gasteiger partial charge in [0.25, 0.3) is 5.91 Å². The summed E-state index contributed by atoms with van der Waals surface area (Å²) in [5, 5.41) is 3.21. The van der Waals surface area contributed by atoms with E-state index in [2.05, 4.69) is 10.3 Å². The third-order valence-corrected chi connectivity index (χ3v) is 6.50. The first-order chi connectivity index (χ1) is 13.3. The maximum absolute atomic E-state index is 12.7. The molecule has 1 N–H and O–H groups in total. The highest BCUT2D eigenvalue weighted by Crippen LogP contribution is 2.22. The summed E-state index contributed by atoms with van der Waals surface area (Å²) >= 11 is 6.07. The molecule has 0 fully saturated rings. The Hall–Kier alpha value is -2.70. The topological polar surface area (TPSA) is 76.1 Å². The molecule has 0 radical (unpaired) electrons. The van der Waals surface area contributed by atoms with Gasteiger partial charge < -0.3 is 5.32 Å². The van der Waals surface area contributed by atoms with Crippen LogP contribution in [-0.2, 0) is 16.4 Å². The Balaban J connectivity index is 1.76. The molecular weight excluding hydrogens is 396 g/mol. The van der Waals surface area contributed by atoms with Crippen molar-refractivity contribution in [1.82, 2.24) is 10.3 Å². The molecule has 1 aromatic heterocycles. The normalized spacial score (nSPS) is 11.2. The fraction of sp³-hybridized carbons (Fsp3) is 0.143. The van der Waals surface area contributed by atoms with E-state index in [9.17, 15) is 13.2 Å². The molecule has 7 heteroatoms. The van der Waals surface area contributed by atoms with Gasteiger partial charge in [-0.2, -0.15) is 0 Å². The molecule has 0 spiro atoms. The van der Waals surface area contributed by atoms with Crippen LogP contribution >= 0.6 is 11.6 Å². The van der Waals surface area contributed by atoms with E-state index in [0.717, 1.165) is 16.7 Å². The van der Waals surface area contributed by atoms with E-state index < -0.39 is 9.84 Å². The van der Waals surface area contributed by atoms with Crippen molar-refractivity contribution in [1.29, 1.82) is 0 Å². The van der Waals surface area contributed by atoms with Crippen molar-refractivity contribution in [3.8, 4) is 0 Å². The van der Waals surface area contributed by atoms with Gasteiger partial charge in [-0.25, -0.2) is 13.4 Å². The second-order valence-electron chi connectivity index (χ2n) is 6.41. The van der Waals surface area contributed by atoms with Crippen molar-refractivity contribution < 1.29 is 13.2 Å². The molecule has 1 amide bonds. The zero-order valence-electron chi connectivity index (χ0n) is 15.4. The lowest BCUT2D eigenvalue weighted by Crippen LogP contribution is -2.23. The molecule has 0 saturated carbocycles. The van der Waals surface area contributed by atoms with Crippen LogP contribution < -0.4 is 5.32 Å². The summed E-state index contributed by atoms with van der Waals surface area (Å²) in [6.45, 7) is 4.04. The number of hydrogen-bond acceptors (Lipinski definition) is 4. The van der Waals surface area contributed by atoms with Crippen molar-refractivity contribution in [2.24, 2.45) is 0 Å². The van der Waals surface area contributed by atoms with Gasteiger partial charge in [-0.05, 0) is 60.9 Å². The number of aryl methyl sites for hydroxylation is 2. The van der Waals surface area contributed by atoms with Crippen LogP contribution in [0.1, 0.15) is 27.0 Å². The number of carbonyl (C=O) groups is 1. The van der Waals surface area contributed by atoms with Crippen LogP contribution in [0.4, 0.5) is 0 Å². The lowest BCUT2D eigenvalue weighted by Gasteiger charge is -2.09. The van der Waals surface area contributed by atoms with Crippen LogP contribution in [0.15, 0.2) is 70.7 Å². The highest BCUT2D eigenvalue weighted by Gasteiger charge is 2.20. The van der Waals surface area contributed by atoms with Gasteiger partial charge in [0.1, 0.15) is 0 Å². The molecule has 0 aliphatic rings. The third-order valence-electron chi connectivity index (χ3n) is 4.46. The largest absolute Gasteiger partial charge is 0.348 e. The minimum absolute atomic E-state index is 0.0987. The molecule has 3 aromatic rings. The molecule has 144 valence electrons. The standard InChI is InChI=1S/C21H19ClN2O3S/c1-14-7-9-18(11-15(14)2)28(26,27)20-10-8-17(13-23-20)21(25)24-12-16-5-3-4-6-19(16)22/h3-11,13H,12H2,1-2H3,(H,24,25). The average Bonchev–Trinajstić information content (AvgIpc) is 2.69. The summed E-state index contributed by atoms with van der Waals surface area (Å²) in [7, 11) is -3.74. The maximum Gasteiger partial charge on any atom is 0.253 e. The molecule has 0 aliphatic heterocycles. The molecule has 28 heavy (non-hydrogen) atoms. The Bertz CT molecular complexity index is 1130. The van der Waals surface area contributed by atoms with Gasteiger partial charge in [-0.15, -0.1) is 0 Å². The smallest absolute Gasteiger partial charge is 0.253 e. The van der Waals surface area contributed by atoms with Crippen LogP contribution in [0.25, 0.3) is 0 Å². The highest BCUT2D eigenvalue weighted by atomic mass is 35.5. The van der Waals surface area contributed by atoms with E-state index in [1.807, 2.05) is 32.0 Å². The van der Waals surface area contributed by atoms with Crippen molar-refractivity contribution >= 4 is 27.3 Å². The molecule has 0 unspecified atom stereocenters. The Morgan fingerprint density at radius 2 is 1.79 bits per heavy atom. The zero-order valence-corrected chi connectivity index (χ0v) is 17.0. The van der Waals surface area contributed by atoms with Crippen LogP contribution in [0, 0.1) is 13.8 Å². The van der Waals surface area contributed by atoms with Gasteiger partial charge in [-0.3, -0.25) is 4.79 Å². The van der Waals surface area contributed by atoms with Crippen molar-refractivity contribution in [3.05, 3.63) is 88.1 Å². The third kappa shape index (κ3) is 4.24. The van der Waals surface area contributed by atoms with Gasteiger partial charge in [-0.1, -0.05) is 35.9 Å². The molecule has 0 saturated heterocycles. The minimum atomic E-state index is -3.74. The minimum Gasteiger partial charge on any atom is -0.348 e. The lowest BCUT2D eigenvalue weighted by atomic mass is 10.1. The predicted octanol–water partition coefficient (Wildman–Crippen LogP) is 4.11. The number of nitrogens with zero attached hydrogens (tertiary/aromatic N) is 1. The second-order valence-corrected chi connectivity index (χ2v) is 8.71. The monoisotopic (exact) mass is 414 g/mol. The Labute approximate surface area is 169 Å². The molecule has 0 bridgehead atoms. The number of benzene rings is 2. The molecule has 0 aliphatic carbocycles. The number of amides is 1. The highest BCUT2D eigenvalue weighted by molar-refractivity contribution is 7.91. The number of halogens is 1. The van der Waals surface area contributed by atoms with Gasteiger partial charge in [0.2, 0.25) is 9.84 Å². The SMILES string of the molecule is Cc1ccc(S(=O)(=O)c2ccc(C(=O)NCc3ccccc3Cl)cn2)cc1C. The average molecular weight is 415 g/mol. The Kier molecular flexibility index (Phi) is 5.82. The number of carbonyl (C=O) groups excluding carboxylic acids is 1. The molecule has 5 nitrogen and oxygen atoms in total. The van der Waals surface area contributed by atoms with E-state index in [1.54, 1.807) is 24.3 Å². The molecule has 3 rings (SSSR count). The van der Waals surface area contributed by atoms with Crippen LogP contribution in [-0.4, -0.2) is 19.3 Å². The maximum atomic E-state index is 12.7.